The Kier molecular flexibility index (Phi) is 71.8. The summed E-state index contributed by atoms with van der Waals surface area (Å²) in [5, 5.41) is 10.7. The standard InChI is InChI=1S/C83H162O17P2/c1-8-10-11-12-13-14-15-23-31-36-45-52-59-66-82(87)100-79(71-94-81(86)65-58-51-44-39-38-41-48-55-62-75(5)6)73-98-102(91,92)96-69-77(84)68-95-101(89,90)97-72-78(70-93-80(85)64-57-50-43-35-30-27-22-24-28-33-40-47-54-61-74(3)4)99-83(88)67-60-53-46-37-32-26-21-19-17-16-18-20-25-29-34-42-49-56-63-76(7)9-2/h74-79,84H,8-73H2,1-7H3,(H,89,90)(H,91,92)/t76?,77-,78-,79-/m1/s1. The minimum Gasteiger partial charge on any atom is -0.462 e. The van der Waals surface area contributed by atoms with Gasteiger partial charge in [0.25, 0.3) is 0 Å². The zero-order valence-electron chi connectivity index (χ0n) is 67.1. The van der Waals surface area contributed by atoms with E-state index in [2.05, 4.69) is 48.5 Å². The number of aliphatic hydroxyl groups is 1. The lowest BCUT2D eigenvalue weighted by Crippen LogP contribution is -2.30. The van der Waals surface area contributed by atoms with Gasteiger partial charge in [0, 0.05) is 25.7 Å². The number of unbranched alkanes of at least 4 members (excludes halogenated alkanes) is 48. The van der Waals surface area contributed by atoms with Gasteiger partial charge in [-0.1, -0.05) is 382 Å². The highest BCUT2D eigenvalue weighted by Gasteiger charge is 2.30. The molecular formula is C83H162O17P2. The molecule has 0 aliphatic carbocycles. The second-order valence-corrected chi connectivity index (χ2v) is 34.0. The van der Waals surface area contributed by atoms with E-state index in [1.165, 1.54) is 244 Å². The summed E-state index contributed by atoms with van der Waals surface area (Å²) in [4.78, 5) is 73.1. The van der Waals surface area contributed by atoms with Crippen molar-refractivity contribution in [2.75, 3.05) is 39.6 Å². The Morgan fingerprint density at radius 2 is 0.500 bits per heavy atom. The number of ether oxygens (including phenoxy) is 4. The number of carbonyl (C=O) groups is 4. The summed E-state index contributed by atoms with van der Waals surface area (Å²) in [5.74, 6) is 0.280. The van der Waals surface area contributed by atoms with Gasteiger partial charge < -0.3 is 33.8 Å². The first kappa shape index (κ1) is 100. The Morgan fingerprint density at radius 1 is 0.284 bits per heavy atom. The van der Waals surface area contributed by atoms with Crippen LogP contribution < -0.4 is 0 Å². The Balaban J connectivity index is 5.23. The van der Waals surface area contributed by atoms with Crippen molar-refractivity contribution in [1.82, 2.24) is 0 Å². The minimum atomic E-state index is -4.96. The van der Waals surface area contributed by atoms with E-state index in [4.69, 9.17) is 37.0 Å². The molecule has 0 aliphatic rings. The van der Waals surface area contributed by atoms with E-state index in [1.807, 2.05) is 0 Å². The van der Waals surface area contributed by atoms with Gasteiger partial charge in [-0.15, -0.1) is 0 Å². The third kappa shape index (κ3) is 74.9. The van der Waals surface area contributed by atoms with E-state index < -0.39 is 97.5 Å². The Morgan fingerprint density at radius 3 is 0.745 bits per heavy atom. The van der Waals surface area contributed by atoms with Crippen LogP contribution in [0.1, 0.15) is 434 Å². The zero-order chi connectivity index (χ0) is 75.1. The molecule has 0 heterocycles. The first-order valence-electron chi connectivity index (χ1n) is 42.9. The Bertz CT molecular complexity index is 1980. The fourth-order valence-corrected chi connectivity index (χ4v) is 14.4. The van der Waals surface area contributed by atoms with Gasteiger partial charge in [0.2, 0.25) is 0 Å². The molecular weight excluding hydrogens is 1330 g/mol. The van der Waals surface area contributed by atoms with Crippen LogP contribution in [0.15, 0.2) is 0 Å². The van der Waals surface area contributed by atoms with E-state index in [9.17, 15) is 43.2 Å². The smallest absolute Gasteiger partial charge is 0.462 e. The van der Waals surface area contributed by atoms with Gasteiger partial charge in [-0.3, -0.25) is 37.3 Å². The van der Waals surface area contributed by atoms with Gasteiger partial charge in [0.05, 0.1) is 26.4 Å². The maximum atomic E-state index is 13.1. The second kappa shape index (κ2) is 73.2. The topological polar surface area (TPSA) is 237 Å². The molecule has 6 atom stereocenters. The number of hydrogen-bond acceptors (Lipinski definition) is 15. The molecule has 0 amide bonds. The third-order valence-electron chi connectivity index (χ3n) is 19.7. The highest BCUT2D eigenvalue weighted by molar-refractivity contribution is 7.47. The molecule has 0 aromatic rings. The lowest BCUT2D eigenvalue weighted by molar-refractivity contribution is -0.161. The van der Waals surface area contributed by atoms with E-state index in [0.717, 1.165) is 108 Å². The number of carbonyl (C=O) groups excluding carboxylic acids is 4. The molecule has 0 aromatic carbocycles. The summed E-state index contributed by atoms with van der Waals surface area (Å²) < 4.78 is 68.8. The lowest BCUT2D eigenvalue weighted by atomic mass is 9.99. The highest BCUT2D eigenvalue weighted by atomic mass is 31.2. The molecule has 3 N–H and O–H groups in total. The van der Waals surface area contributed by atoms with Crippen LogP contribution in [0.2, 0.25) is 0 Å². The molecule has 0 radical (unpaired) electrons. The van der Waals surface area contributed by atoms with Crippen molar-refractivity contribution in [1.29, 1.82) is 0 Å². The molecule has 17 nitrogen and oxygen atoms in total. The number of phosphoric ester groups is 2. The molecule has 606 valence electrons. The van der Waals surface area contributed by atoms with Crippen molar-refractivity contribution in [3.8, 4) is 0 Å². The lowest BCUT2D eigenvalue weighted by Gasteiger charge is -2.21. The van der Waals surface area contributed by atoms with Crippen molar-refractivity contribution in [3.63, 3.8) is 0 Å². The van der Waals surface area contributed by atoms with Gasteiger partial charge in [-0.2, -0.15) is 0 Å². The first-order valence-corrected chi connectivity index (χ1v) is 45.9. The molecule has 0 rings (SSSR count). The van der Waals surface area contributed by atoms with Crippen LogP contribution >= 0.6 is 15.6 Å². The van der Waals surface area contributed by atoms with E-state index in [1.54, 1.807) is 0 Å². The van der Waals surface area contributed by atoms with Gasteiger partial charge >= 0.3 is 39.5 Å². The maximum absolute atomic E-state index is 13.1. The van der Waals surface area contributed by atoms with Crippen LogP contribution in [0.25, 0.3) is 0 Å². The van der Waals surface area contributed by atoms with Crippen LogP contribution in [0.5, 0.6) is 0 Å². The Labute approximate surface area is 626 Å². The van der Waals surface area contributed by atoms with Gasteiger partial charge in [0.1, 0.15) is 19.3 Å². The van der Waals surface area contributed by atoms with E-state index in [0.29, 0.717) is 25.7 Å². The number of phosphoric acid groups is 2. The molecule has 0 aromatic heterocycles. The SMILES string of the molecule is CCCCCCCCCCCCCCCC(=O)O[C@H](COC(=O)CCCCCCCCCCC(C)C)COP(=O)(O)OC[C@H](O)COP(=O)(O)OC[C@@H](COC(=O)CCCCCCCCCCCCCCCC(C)C)OC(=O)CCCCCCCCCCCCCCCCCCCCC(C)CC. The number of aliphatic hydroxyl groups excluding tert-OH is 1. The van der Waals surface area contributed by atoms with E-state index in [-0.39, 0.29) is 25.7 Å². The zero-order valence-corrected chi connectivity index (χ0v) is 68.9. The van der Waals surface area contributed by atoms with Crippen molar-refractivity contribution in [2.45, 2.75) is 452 Å². The average Bonchev–Trinajstić information content (AvgIpc) is 0.980. The Hall–Kier alpha value is -1.94. The molecule has 102 heavy (non-hydrogen) atoms. The van der Waals surface area contributed by atoms with Crippen LogP contribution in [0.3, 0.4) is 0 Å². The summed E-state index contributed by atoms with van der Waals surface area (Å²) >= 11 is 0. The fraction of sp³-hybridized carbons (Fsp3) is 0.952. The van der Waals surface area contributed by atoms with Gasteiger partial charge in [-0.05, 0) is 43.4 Å². The largest absolute Gasteiger partial charge is 0.472 e. The normalized spacial score (nSPS) is 14.2. The van der Waals surface area contributed by atoms with Crippen molar-refractivity contribution >= 4 is 39.5 Å². The second-order valence-electron chi connectivity index (χ2n) is 31.1. The van der Waals surface area contributed by atoms with Crippen molar-refractivity contribution < 1.29 is 80.2 Å². The molecule has 0 bridgehead atoms. The quantitative estimate of drug-likeness (QED) is 0.0222. The molecule has 0 saturated carbocycles. The van der Waals surface area contributed by atoms with Crippen LogP contribution in [0, 0.1) is 17.8 Å². The number of rotatable bonds is 81. The maximum Gasteiger partial charge on any atom is 0.472 e. The molecule has 0 saturated heterocycles. The van der Waals surface area contributed by atoms with E-state index >= 15 is 0 Å². The monoisotopic (exact) mass is 1490 g/mol. The number of esters is 4. The summed E-state index contributed by atoms with van der Waals surface area (Å²) in [7, 11) is -9.92. The van der Waals surface area contributed by atoms with Crippen molar-refractivity contribution in [3.05, 3.63) is 0 Å². The minimum absolute atomic E-state index is 0.107. The van der Waals surface area contributed by atoms with Crippen molar-refractivity contribution in [2.24, 2.45) is 17.8 Å². The van der Waals surface area contributed by atoms with Gasteiger partial charge in [-0.25, -0.2) is 9.13 Å². The molecule has 0 aliphatic heterocycles. The fourth-order valence-electron chi connectivity index (χ4n) is 12.8. The summed E-state index contributed by atoms with van der Waals surface area (Å²) in [6, 6.07) is 0. The van der Waals surface area contributed by atoms with Crippen LogP contribution in [0.4, 0.5) is 0 Å². The molecule has 0 spiro atoms. The van der Waals surface area contributed by atoms with Crippen LogP contribution in [-0.2, 0) is 65.4 Å². The van der Waals surface area contributed by atoms with Gasteiger partial charge in [0.15, 0.2) is 12.2 Å². The molecule has 19 heteroatoms. The summed E-state index contributed by atoms with van der Waals surface area (Å²) in [5.41, 5.74) is 0. The van der Waals surface area contributed by atoms with Crippen LogP contribution in [-0.4, -0.2) is 96.7 Å². The average molecular weight is 1490 g/mol. The summed E-state index contributed by atoms with van der Waals surface area (Å²) in [6.07, 6.45) is 62.4. The molecule has 0 fully saturated rings. The molecule has 3 unspecified atom stereocenters. The number of hydrogen-bond donors (Lipinski definition) is 3. The predicted molar refractivity (Wildman–Crippen MR) is 418 cm³/mol. The first-order chi connectivity index (χ1) is 49.3. The summed E-state index contributed by atoms with van der Waals surface area (Å²) in [6.45, 7) is 12.0. The highest BCUT2D eigenvalue weighted by Crippen LogP contribution is 2.45. The predicted octanol–water partition coefficient (Wildman–Crippen LogP) is 24.9. The third-order valence-corrected chi connectivity index (χ3v) is 21.6.